The average molecular weight is 204 g/mol. The Kier molecular flexibility index (Phi) is 2.11. The minimum Gasteiger partial charge on any atom is -0.481 e. The van der Waals surface area contributed by atoms with Crippen molar-refractivity contribution in [2.75, 3.05) is 0 Å². The molecule has 1 N–H and O–H groups in total. The van der Waals surface area contributed by atoms with Gasteiger partial charge in [0.25, 0.3) is 0 Å². The molecule has 1 aromatic rings. The summed E-state index contributed by atoms with van der Waals surface area (Å²) in [5.74, 6) is -1.61. The number of carbonyl (C=O) groups excluding carboxylic acids is 1. The molecule has 0 fully saturated rings. The predicted octanol–water partition coefficient (Wildman–Crippen LogP) is 2.06. The molecule has 0 heterocycles. The smallest absolute Gasteiger partial charge is 0.311 e. The van der Waals surface area contributed by atoms with Crippen LogP contribution in [0, 0.1) is 13.8 Å². The Morgan fingerprint density at radius 1 is 1.33 bits per heavy atom. The Morgan fingerprint density at radius 2 is 1.93 bits per heavy atom. The van der Waals surface area contributed by atoms with Gasteiger partial charge in [-0.3, -0.25) is 9.59 Å². The molecule has 1 atom stereocenters. The van der Waals surface area contributed by atoms with Crippen molar-refractivity contribution >= 4 is 11.8 Å². The van der Waals surface area contributed by atoms with Gasteiger partial charge < -0.3 is 5.11 Å². The van der Waals surface area contributed by atoms with Crippen LogP contribution in [0.5, 0.6) is 0 Å². The van der Waals surface area contributed by atoms with Crippen molar-refractivity contribution in [1.82, 2.24) is 0 Å². The second-order valence-electron chi connectivity index (χ2n) is 4.04. The van der Waals surface area contributed by atoms with Gasteiger partial charge in [0, 0.05) is 12.0 Å². The number of hydrogen-bond donors (Lipinski definition) is 1. The highest BCUT2D eigenvalue weighted by Crippen LogP contribution is 2.34. The van der Waals surface area contributed by atoms with E-state index < -0.39 is 11.9 Å². The van der Waals surface area contributed by atoms with Crippen LogP contribution in [-0.4, -0.2) is 16.9 Å². The molecule has 15 heavy (non-hydrogen) atoms. The minimum atomic E-state index is -0.912. The van der Waals surface area contributed by atoms with E-state index in [1.165, 1.54) is 0 Å². The highest BCUT2D eigenvalue weighted by Gasteiger charge is 2.34. The van der Waals surface area contributed by atoms with E-state index in [4.69, 9.17) is 5.11 Å². The first-order valence-electron chi connectivity index (χ1n) is 4.88. The molecule has 0 bridgehead atoms. The van der Waals surface area contributed by atoms with E-state index in [9.17, 15) is 9.59 Å². The number of fused-ring (bicyclic) bond motifs is 1. The number of carboxylic acid groups (broad SMARTS) is 1. The standard InChI is InChI=1S/C12H12O3/c1-6-3-8-9(4-7(6)2)11(13)5-10(8)12(14)15/h3-4,10H,5H2,1-2H3,(H,14,15). The van der Waals surface area contributed by atoms with Gasteiger partial charge in [-0.2, -0.15) is 0 Å². The van der Waals surface area contributed by atoms with E-state index in [2.05, 4.69) is 0 Å². The van der Waals surface area contributed by atoms with E-state index in [-0.39, 0.29) is 12.2 Å². The molecule has 0 amide bonds. The second-order valence-corrected chi connectivity index (χ2v) is 4.04. The van der Waals surface area contributed by atoms with E-state index in [0.717, 1.165) is 11.1 Å². The van der Waals surface area contributed by atoms with Crippen LogP contribution in [0.1, 0.15) is 39.4 Å². The summed E-state index contributed by atoms with van der Waals surface area (Å²) < 4.78 is 0. The number of ketones is 1. The molecule has 0 radical (unpaired) electrons. The first-order valence-corrected chi connectivity index (χ1v) is 4.88. The lowest BCUT2D eigenvalue weighted by Crippen LogP contribution is -2.08. The first kappa shape index (κ1) is 9.90. The van der Waals surface area contributed by atoms with Gasteiger partial charge in [-0.25, -0.2) is 0 Å². The van der Waals surface area contributed by atoms with Crippen molar-refractivity contribution in [3.05, 3.63) is 34.4 Å². The molecular formula is C12H12O3. The van der Waals surface area contributed by atoms with Crippen molar-refractivity contribution in [3.63, 3.8) is 0 Å². The van der Waals surface area contributed by atoms with Crippen molar-refractivity contribution < 1.29 is 14.7 Å². The normalized spacial score (nSPS) is 19.1. The molecule has 1 aliphatic rings. The van der Waals surface area contributed by atoms with Gasteiger partial charge in [0.1, 0.15) is 0 Å². The molecule has 0 aliphatic heterocycles. The monoisotopic (exact) mass is 204 g/mol. The summed E-state index contributed by atoms with van der Waals surface area (Å²) >= 11 is 0. The van der Waals surface area contributed by atoms with Crippen LogP contribution in [0.25, 0.3) is 0 Å². The van der Waals surface area contributed by atoms with Crippen LogP contribution >= 0.6 is 0 Å². The predicted molar refractivity (Wildman–Crippen MR) is 55.2 cm³/mol. The van der Waals surface area contributed by atoms with Gasteiger partial charge in [0.2, 0.25) is 0 Å². The zero-order valence-electron chi connectivity index (χ0n) is 8.70. The third-order valence-corrected chi connectivity index (χ3v) is 3.03. The van der Waals surface area contributed by atoms with Crippen LogP contribution < -0.4 is 0 Å². The lowest BCUT2D eigenvalue weighted by atomic mass is 9.97. The summed E-state index contributed by atoms with van der Waals surface area (Å²) in [5.41, 5.74) is 3.34. The summed E-state index contributed by atoms with van der Waals surface area (Å²) in [7, 11) is 0. The molecule has 1 aliphatic carbocycles. The van der Waals surface area contributed by atoms with E-state index in [1.807, 2.05) is 19.9 Å². The Labute approximate surface area is 87.7 Å². The van der Waals surface area contributed by atoms with Crippen LogP contribution in [0.15, 0.2) is 12.1 Å². The number of Topliss-reactive ketones (excluding diaryl/α,β-unsaturated/α-hetero) is 1. The highest BCUT2D eigenvalue weighted by molar-refractivity contribution is 6.05. The summed E-state index contributed by atoms with van der Waals surface area (Å²) in [6.45, 7) is 3.86. The number of rotatable bonds is 1. The van der Waals surface area contributed by atoms with Gasteiger partial charge in [0.05, 0.1) is 5.92 Å². The second kappa shape index (κ2) is 3.19. The summed E-state index contributed by atoms with van der Waals surface area (Å²) in [6, 6.07) is 3.63. The van der Waals surface area contributed by atoms with Gasteiger partial charge in [0.15, 0.2) is 5.78 Å². The van der Waals surface area contributed by atoms with Crippen molar-refractivity contribution in [2.24, 2.45) is 0 Å². The van der Waals surface area contributed by atoms with Gasteiger partial charge in [-0.1, -0.05) is 6.07 Å². The molecule has 0 saturated carbocycles. The van der Waals surface area contributed by atoms with Crippen LogP contribution in [-0.2, 0) is 4.79 Å². The third kappa shape index (κ3) is 1.44. The largest absolute Gasteiger partial charge is 0.481 e. The molecule has 0 spiro atoms. The number of benzene rings is 1. The molecule has 2 rings (SSSR count). The molecule has 3 heteroatoms. The highest BCUT2D eigenvalue weighted by atomic mass is 16.4. The summed E-state index contributed by atoms with van der Waals surface area (Å²) in [5, 5.41) is 8.99. The van der Waals surface area contributed by atoms with Gasteiger partial charge >= 0.3 is 5.97 Å². The van der Waals surface area contributed by atoms with Crippen molar-refractivity contribution in [1.29, 1.82) is 0 Å². The maximum Gasteiger partial charge on any atom is 0.311 e. The Hall–Kier alpha value is -1.64. The molecular weight excluding hydrogens is 192 g/mol. The van der Waals surface area contributed by atoms with E-state index >= 15 is 0 Å². The third-order valence-electron chi connectivity index (χ3n) is 3.03. The van der Waals surface area contributed by atoms with E-state index in [0.29, 0.717) is 11.1 Å². The Bertz CT molecular complexity index is 460. The molecule has 0 aromatic heterocycles. The number of carbonyl (C=O) groups is 2. The van der Waals surface area contributed by atoms with Crippen molar-refractivity contribution in [2.45, 2.75) is 26.2 Å². The molecule has 1 aromatic carbocycles. The zero-order chi connectivity index (χ0) is 11.2. The van der Waals surface area contributed by atoms with Crippen LogP contribution in [0.2, 0.25) is 0 Å². The minimum absolute atomic E-state index is 0.0551. The molecule has 78 valence electrons. The summed E-state index contributed by atoms with van der Waals surface area (Å²) in [4.78, 5) is 22.5. The quantitative estimate of drug-likeness (QED) is 0.761. The maximum absolute atomic E-state index is 11.6. The van der Waals surface area contributed by atoms with Crippen LogP contribution in [0.4, 0.5) is 0 Å². The van der Waals surface area contributed by atoms with Gasteiger partial charge in [-0.15, -0.1) is 0 Å². The number of hydrogen-bond acceptors (Lipinski definition) is 2. The maximum atomic E-state index is 11.6. The average Bonchev–Trinajstić information content (AvgIpc) is 2.45. The fraction of sp³-hybridized carbons (Fsp3) is 0.333. The summed E-state index contributed by atoms with van der Waals surface area (Å²) in [6.07, 6.45) is 0.105. The topological polar surface area (TPSA) is 54.4 Å². The Balaban J connectivity index is 2.61. The lowest BCUT2D eigenvalue weighted by molar-refractivity contribution is -0.138. The molecule has 1 unspecified atom stereocenters. The van der Waals surface area contributed by atoms with E-state index in [1.54, 1.807) is 6.07 Å². The van der Waals surface area contributed by atoms with Crippen molar-refractivity contribution in [3.8, 4) is 0 Å². The SMILES string of the molecule is Cc1cc2c(cc1C)C(C(=O)O)CC2=O. The van der Waals surface area contributed by atoms with Gasteiger partial charge in [-0.05, 0) is 36.6 Å². The fourth-order valence-electron chi connectivity index (χ4n) is 1.99. The number of aryl methyl sites for hydroxylation is 2. The lowest BCUT2D eigenvalue weighted by Gasteiger charge is -2.07. The molecule has 0 saturated heterocycles. The number of carboxylic acids is 1. The van der Waals surface area contributed by atoms with Crippen LogP contribution in [0.3, 0.4) is 0 Å². The zero-order valence-corrected chi connectivity index (χ0v) is 8.70. The first-order chi connectivity index (χ1) is 7.00. The fourth-order valence-corrected chi connectivity index (χ4v) is 1.99. The molecule has 3 nitrogen and oxygen atoms in total. The Morgan fingerprint density at radius 3 is 2.53 bits per heavy atom. The number of aliphatic carboxylic acids is 1.